The molecule has 0 amide bonds. The van der Waals surface area contributed by atoms with Crippen LogP contribution in [0.5, 0.6) is 0 Å². The Hall–Kier alpha value is -0.870. The third-order valence-electron chi connectivity index (χ3n) is 1.47. The Labute approximate surface area is 78.7 Å². The van der Waals surface area contributed by atoms with Gasteiger partial charge in [-0.05, 0) is 19.1 Å². The van der Waals surface area contributed by atoms with Crippen LogP contribution in [-0.4, -0.2) is 4.98 Å². The zero-order valence-corrected chi connectivity index (χ0v) is 8.21. The standard InChI is InChI=1S/C8H8N2S2/c1-5-2-3-6(12-5)8-10-7(9)4-11-8/h2-4H,9H2,1H3. The van der Waals surface area contributed by atoms with Crippen LogP contribution in [0.1, 0.15) is 4.88 Å². The first kappa shape index (κ1) is 7.76. The fourth-order valence-electron chi connectivity index (χ4n) is 0.949. The van der Waals surface area contributed by atoms with Crippen molar-refractivity contribution in [2.75, 3.05) is 5.73 Å². The van der Waals surface area contributed by atoms with E-state index in [1.807, 2.05) is 5.38 Å². The largest absolute Gasteiger partial charge is 0.383 e. The predicted octanol–water partition coefficient (Wildman–Crippen LogP) is 2.76. The van der Waals surface area contributed by atoms with Gasteiger partial charge in [0.2, 0.25) is 0 Å². The maximum Gasteiger partial charge on any atom is 0.135 e. The molecule has 0 fully saturated rings. The van der Waals surface area contributed by atoms with Gasteiger partial charge in [-0.1, -0.05) is 0 Å². The van der Waals surface area contributed by atoms with Gasteiger partial charge in [0.25, 0.3) is 0 Å². The van der Waals surface area contributed by atoms with Crippen molar-refractivity contribution in [1.29, 1.82) is 0 Å². The molecule has 0 atom stereocenters. The Bertz CT molecular complexity index is 351. The Kier molecular flexibility index (Phi) is 1.86. The molecule has 2 rings (SSSR count). The molecule has 0 radical (unpaired) electrons. The lowest BCUT2D eigenvalue weighted by atomic mass is 10.4. The number of nitrogens with zero attached hydrogens (tertiary/aromatic N) is 1. The van der Waals surface area contributed by atoms with Crippen molar-refractivity contribution in [3.05, 3.63) is 22.4 Å². The molecule has 2 nitrogen and oxygen atoms in total. The highest BCUT2D eigenvalue weighted by Crippen LogP contribution is 2.30. The van der Waals surface area contributed by atoms with Crippen molar-refractivity contribution in [1.82, 2.24) is 4.98 Å². The number of nitrogen functional groups attached to an aromatic ring is 1. The zero-order valence-electron chi connectivity index (χ0n) is 6.57. The molecule has 2 aromatic rings. The molecular formula is C8H8N2S2. The summed E-state index contributed by atoms with van der Waals surface area (Å²) in [5.74, 6) is 0.612. The lowest BCUT2D eigenvalue weighted by Crippen LogP contribution is -1.81. The number of nitrogens with two attached hydrogens (primary N) is 1. The van der Waals surface area contributed by atoms with Gasteiger partial charge in [0, 0.05) is 10.3 Å². The molecule has 0 aliphatic rings. The van der Waals surface area contributed by atoms with Crippen LogP contribution < -0.4 is 5.73 Å². The number of hydrogen-bond donors (Lipinski definition) is 1. The molecule has 0 aromatic carbocycles. The summed E-state index contributed by atoms with van der Waals surface area (Å²) in [5.41, 5.74) is 5.53. The molecule has 0 unspecified atom stereocenters. The van der Waals surface area contributed by atoms with E-state index in [0.29, 0.717) is 5.82 Å². The van der Waals surface area contributed by atoms with E-state index in [-0.39, 0.29) is 0 Å². The maximum absolute atomic E-state index is 5.53. The number of thiophene rings is 1. The van der Waals surface area contributed by atoms with Gasteiger partial charge in [0.1, 0.15) is 10.8 Å². The predicted molar refractivity (Wildman–Crippen MR) is 54.6 cm³/mol. The first-order valence-corrected chi connectivity index (χ1v) is 5.23. The second kappa shape index (κ2) is 2.88. The van der Waals surface area contributed by atoms with E-state index >= 15 is 0 Å². The van der Waals surface area contributed by atoms with Gasteiger partial charge < -0.3 is 5.73 Å². The van der Waals surface area contributed by atoms with Crippen LogP contribution >= 0.6 is 22.7 Å². The Morgan fingerprint density at radius 3 is 2.75 bits per heavy atom. The molecule has 4 heteroatoms. The quantitative estimate of drug-likeness (QED) is 0.761. The van der Waals surface area contributed by atoms with Crippen LogP contribution in [0.15, 0.2) is 17.5 Å². The summed E-state index contributed by atoms with van der Waals surface area (Å²) in [7, 11) is 0. The molecule has 2 heterocycles. The summed E-state index contributed by atoms with van der Waals surface area (Å²) >= 11 is 3.34. The van der Waals surface area contributed by atoms with Gasteiger partial charge in [-0.25, -0.2) is 4.98 Å². The average Bonchev–Trinajstić information content (AvgIpc) is 2.58. The SMILES string of the molecule is Cc1ccc(-c2nc(N)cs2)s1. The number of rotatable bonds is 1. The minimum Gasteiger partial charge on any atom is -0.383 e. The minimum absolute atomic E-state index is 0.612. The second-order valence-electron chi connectivity index (χ2n) is 2.49. The monoisotopic (exact) mass is 196 g/mol. The van der Waals surface area contributed by atoms with Gasteiger partial charge in [0.15, 0.2) is 0 Å². The fourth-order valence-corrected chi connectivity index (χ4v) is 2.60. The van der Waals surface area contributed by atoms with E-state index in [1.165, 1.54) is 9.75 Å². The number of aryl methyl sites for hydroxylation is 1. The van der Waals surface area contributed by atoms with Crippen LogP contribution in [0.3, 0.4) is 0 Å². The number of hydrogen-bond acceptors (Lipinski definition) is 4. The molecular weight excluding hydrogens is 188 g/mol. The highest BCUT2D eigenvalue weighted by Gasteiger charge is 2.03. The van der Waals surface area contributed by atoms with Crippen LogP contribution in [0.25, 0.3) is 9.88 Å². The molecule has 0 aliphatic carbocycles. The normalized spacial score (nSPS) is 10.4. The van der Waals surface area contributed by atoms with Gasteiger partial charge in [-0.15, -0.1) is 22.7 Å². The topological polar surface area (TPSA) is 38.9 Å². The lowest BCUT2D eigenvalue weighted by Gasteiger charge is -1.85. The molecule has 62 valence electrons. The Morgan fingerprint density at radius 2 is 2.25 bits per heavy atom. The number of anilines is 1. The van der Waals surface area contributed by atoms with E-state index < -0.39 is 0 Å². The Morgan fingerprint density at radius 1 is 1.42 bits per heavy atom. The Balaban J connectivity index is 2.43. The summed E-state index contributed by atoms with van der Waals surface area (Å²) < 4.78 is 0. The average molecular weight is 196 g/mol. The number of thiazole rings is 1. The van der Waals surface area contributed by atoms with E-state index in [0.717, 1.165) is 5.01 Å². The van der Waals surface area contributed by atoms with Crippen LogP contribution in [0.4, 0.5) is 5.82 Å². The molecule has 0 spiro atoms. The highest BCUT2D eigenvalue weighted by atomic mass is 32.1. The first-order valence-electron chi connectivity index (χ1n) is 3.53. The second-order valence-corrected chi connectivity index (χ2v) is 4.63. The molecule has 0 aliphatic heterocycles. The fraction of sp³-hybridized carbons (Fsp3) is 0.125. The van der Waals surface area contributed by atoms with Crippen LogP contribution in [0, 0.1) is 6.92 Å². The van der Waals surface area contributed by atoms with E-state index in [9.17, 15) is 0 Å². The van der Waals surface area contributed by atoms with Gasteiger partial charge in [-0.2, -0.15) is 0 Å². The molecule has 0 bridgehead atoms. The van der Waals surface area contributed by atoms with Crippen molar-refractivity contribution >= 4 is 28.5 Å². The maximum atomic E-state index is 5.53. The number of aromatic nitrogens is 1. The van der Waals surface area contributed by atoms with Crippen LogP contribution in [0.2, 0.25) is 0 Å². The van der Waals surface area contributed by atoms with Crippen molar-refractivity contribution in [2.24, 2.45) is 0 Å². The molecule has 2 aromatic heterocycles. The third-order valence-corrected chi connectivity index (χ3v) is 3.50. The summed E-state index contributed by atoms with van der Waals surface area (Å²) in [6.07, 6.45) is 0. The summed E-state index contributed by atoms with van der Waals surface area (Å²) in [6.45, 7) is 2.09. The molecule has 0 saturated carbocycles. The zero-order chi connectivity index (χ0) is 8.55. The van der Waals surface area contributed by atoms with E-state index in [4.69, 9.17) is 5.73 Å². The summed E-state index contributed by atoms with van der Waals surface area (Å²) in [5, 5.41) is 2.88. The molecule has 0 saturated heterocycles. The van der Waals surface area contributed by atoms with Crippen molar-refractivity contribution < 1.29 is 0 Å². The van der Waals surface area contributed by atoms with E-state index in [1.54, 1.807) is 22.7 Å². The summed E-state index contributed by atoms with van der Waals surface area (Å²) in [6, 6.07) is 4.18. The van der Waals surface area contributed by atoms with Gasteiger partial charge in [-0.3, -0.25) is 0 Å². The molecule has 2 N–H and O–H groups in total. The molecule has 12 heavy (non-hydrogen) atoms. The smallest absolute Gasteiger partial charge is 0.135 e. The highest BCUT2D eigenvalue weighted by molar-refractivity contribution is 7.21. The van der Waals surface area contributed by atoms with Crippen molar-refractivity contribution in [2.45, 2.75) is 6.92 Å². The van der Waals surface area contributed by atoms with Crippen LogP contribution in [-0.2, 0) is 0 Å². The minimum atomic E-state index is 0.612. The van der Waals surface area contributed by atoms with Crippen molar-refractivity contribution in [3.63, 3.8) is 0 Å². The summed E-state index contributed by atoms with van der Waals surface area (Å²) in [4.78, 5) is 6.71. The van der Waals surface area contributed by atoms with E-state index in [2.05, 4.69) is 24.0 Å². The lowest BCUT2D eigenvalue weighted by molar-refractivity contribution is 1.43. The van der Waals surface area contributed by atoms with Gasteiger partial charge in [0.05, 0.1) is 4.88 Å². The third kappa shape index (κ3) is 1.35. The van der Waals surface area contributed by atoms with Crippen molar-refractivity contribution in [3.8, 4) is 9.88 Å². The first-order chi connectivity index (χ1) is 5.75. The van der Waals surface area contributed by atoms with Gasteiger partial charge >= 0.3 is 0 Å².